The third-order valence-corrected chi connectivity index (χ3v) is 7.21. The summed E-state index contributed by atoms with van der Waals surface area (Å²) < 4.78 is 12.1. The van der Waals surface area contributed by atoms with Crippen LogP contribution in [0.4, 0.5) is 0 Å². The van der Waals surface area contributed by atoms with E-state index in [0.29, 0.717) is 6.61 Å². The molecule has 0 bridgehead atoms. The fourth-order valence-corrected chi connectivity index (χ4v) is 5.38. The highest BCUT2D eigenvalue weighted by atomic mass is 16.5. The highest BCUT2D eigenvalue weighted by Crippen LogP contribution is 2.47. The summed E-state index contributed by atoms with van der Waals surface area (Å²) >= 11 is 0. The Labute approximate surface area is 203 Å². The minimum Gasteiger partial charge on any atom is -0.508 e. The molecule has 2 heterocycles. The minimum atomic E-state index is 0.158. The van der Waals surface area contributed by atoms with E-state index in [1.54, 1.807) is 12.1 Å². The van der Waals surface area contributed by atoms with Crippen LogP contribution in [0.3, 0.4) is 0 Å². The second-order valence-electron chi connectivity index (χ2n) is 9.55. The van der Waals surface area contributed by atoms with E-state index in [9.17, 15) is 5.11 Å². The first-order chi connectivity index (χ1) is 16.8. The van der Waals surface area contributed by atoms with Crippen LogP contribution in [0.5, 0.6) is 17.2 Å². The SMILES string of the molecule is Oc1ccc2c(c1)OC[C@@H](c1ccccc1)[C@@H]2c1ccc(OCCCCN2CCCCC2)cc1. The molecule has 3 aromatic carbocycles. The van der Waals surface area contributed by atoms with E-state index in [4.69, 9.17) is 9.47 Å². The molecule has 2 atom stereocenters. The molecule has 4 nitrogen and oxygen atoms in total. The van der Waals surface area contributed by atoms with Gasteiger partial charge in [-0.3, -0.25) is 0 Å². The molecule has 2 aliphatic rings. The highest BCUT2D eigenvalue weighted by molar-refractivity contribution is 5.50. The molecule has 0 spiro atoms. The molecule has 0 saturated carbocycles. The number of hydrogen-bond donors (Lipinski definition) is 1. The van der Waals surface area contributed by atoms with Crippen LogP contribution in [0.1, 0.15) is 60.6 Å². The van der Waals surface area contributed by atoms with Crippen LogP contribution in [-0.2, 0) is 0 Å². The van der Waals surface area contributed by atoms with Crippen molar-refractivity contribution in [1.82, 2.24) is 4.90 Å². The fraction of sp³-hybridized carbons (Fsp3) is 0.400. The van der Waals surface area contributed by atoms with E-state index in [-0.39, 0.29) is 17.6 Å². The summed E-state index contributed by atoms with van der Waals surface area (Å²) in [4.78, 5) is 2.59. The molecule has 0 aliphatic carbocycles. The lowest BCUT2D eigenvalue weighted by molar-refractivity contribution is 0.216. The molecule has 5 rings (SSSR count). The van der Waals surface area contributed by atoms with Crippen molar-refractivity contribution in [3.05, 3.63) is 89.5 Å². The van der Waals surface area contributed by atoms with E-state index in [0.717, 1.165) is 30.1 Å². The molecule has 34 heavy (non-hydrogen) atoms. The van der Waals surface area contributed by atoms with Gasteiger partial charge in [-0.05, 0) is 74.6 Å². The van der Waals surface area contributed by atoms with Crippen molar-refractivity contribution in [2.75, 3.05) is 32.8 Å². The van der Waals surface area contributed by atoms with E-state index >= 15 is 0 Å². The third-order valence-electron chi connectivity index (χ3n) is 7.21. The van der Waals surface area contributed by atoms with Crippen molar-refractivity contribution in [3.63, 3.8) is 0 Å². The number of aromatic hydroxyl groups is 1. The molecule has 1 N–H and O–H groups in total. The van der Waals surface area contributed by atoms with Gasteiger partial charge in [0.1, 0.15) is 17.2 Å². The predicted molar refractivity (Wildman–Crippen MR) is 136 cm³/mol. The van der Waals surface area contributed by atoms with Gasteiger partial charge < -0.3 is 19.5 Å². The Kier molecular flexibility index (Phi) is 7.35. The maximum absolute atomic E-state index is 9.96. The zero-order chi connectivity index (χ0) is 23.2. The number of likely N-dealkylation sites (tertiary alicyclic amines) is 1. The van der Waals surface area contributed by atoms with E-state index in [2.05, 4.69) is 53.4 Å². The smallest absolute Gasteiger partial charge is 0.126 e. The zero-order valence-electron chi connectivity index (χ0n) is 19.9. The average molecular weight is 458 g/mol. The van der Waals surface area contributed by atoms with Crippen LogP contribution < -0.4 is 9.47 Å². The molecule has 3 aromatic rings. The monoisotopic (exact) mass is 457 g/mol. The number of benzene rings is 3. The normalized spacial score (nSPS) is 20.4. The van der Waals surface area contributed by atoms with Crippen LogP contribution in [0.25, 0.3) is 0 Å². The Morgan fingerprint density at radius 1 is 0.853 bits per heavy atom. The maximum Gasteiger partial charge on any atom is 0.126 e. The number of unbranched alkanes of at least 4 members (excludes halogenated alkanes) is 1. The van der Waals surface area contributed by atoms with Gasteiger partial charge in [-0.25, -0.2) is 0 Å². The molecule has 178 valence electrons. The molecule has 1 fully saturated rings. The molecule has 1 saturated heterocycles. The first-order valence-electron chi connectivity index (χ1n) is 12.7. The van der Waals surface area contributed by atoms with E-state index < -0.39 is 0 Å². The van der Waals surface area contributed by atoms with Crippen molar-refractivity contribution in [1.29, 1.82) is 0 Å². The van der Waals surface area contributed by atoms with Crippen molar-refractivity contribution in [3.8, 4) is 17.2 Å². The van der Waals surface area contributed by atoms with Gasteiger partial charge in [0.05, 0.1) is 13.2 Å². The van der Waals surface area contributed by atoms with E-state index in [1.165, 1.54) is 56.4 Å². The first-order valence-corrected chi connectivity index (χ1v) is 12.7. The summed E-state index contributed by atoms with van der Waals surface area (Å²) in [5, 5.41) is 9.96. The van der Waals surface area contributed by atoms with Gasteiger partial charge in [0, 0.05) is 23.5 Å². The predicted octanol–water partition coefficient (Wildman–Crippen LogP) is 6.35. The van der Waals surface area contributed by atoms with Crippen molar-refractivity contribution in [2.45, 2.75) is 43.9 Å². The number of hydrogen-bond acceptors (Lipinski definition) is 4. The summed E-state index contributed by atoms with van der Waals surface area (Å²) in [6, 6.07) is 24.6. The standard InChI is InChI=1S/C30H35NO3/c32-25-13-16-27-29(21-25)34-22-28(23-9-3-1-4-10-23)30(27)24-11-14-26(15-12-24)33-20-8-7-19-31-17-5-2-6-18-31/h1,3-4,9-16,21,28,30,32H,2,5-8,17-20,22H2/t28-,30+/m0/s1. The van der Waals surface area contributed by atoms with Crippen LogP contribution in [0.2, 0.25) is 0 Å². The van der Waals surface area contributed by atoms with Gasteiger partial charge in [0.25, 0.3) is 0 Å². The van der Waals surface area contributed by atoms with Crippen molar-refractivity contribution >= 4 is 0 Å². The minimum absolute atomic E-state index is 0.158. The summed E-state index contributed by atoms with van der Waals surface area (Å²) in [5.41, 5.74) is 3.62. The topological polar surface area (TPSA) is 41.9 Å². The summed E-state index contributed by atoms with van der Waals surface area (Å²) in [7, 11) is 0. The van der Waals surface area contributed by atoms with Gasteiger partial charge in [0.15, 0.2) is 0 Å². The maximum atomic E-state index is 9.96. The molecule has 0 aromatic heterocycles. The quantitative estimate of drug-likeness (QED) is 0.401. The number of phenols is 1. The van der Waals surface area contributed by atoms with Gasteiger partial charge >= 0.3 is 0 Å². The average Bonchev–Trinajstić information content (AvgIpc) is 2.89. The lowest BCUT2D eigenvalue weighted by Gasteiger charge is -2.34. The molecule has 0 unspecified atom stereocenters. The summed E-state index contributed by atoms with van der Waals surface area (Å²) in [5.74, 6) is 2.30. The van der Waals surface area contributed by atoms with Crippen LogP contribution in [0, 0.1) is 0 Å². The number of fused-ring (bicyclic) bond motifs is 1. The number of piperidine rings is 1. The zero-order valence-corrected chi connectivity index (χ0v) is 19.9. The molecule has 4 heteroatoms. The third kappa shape index (κ3) is 5.39. The number of rotatable bonds is 8. The largest absolute Gasteiger partial charge is 0.508 e. The van der Waals surface area contributed by atoms with E-state index in [1.807, 2.05) is 12.1 Å². The Balaban J connectivity index is 1.25. The molecular weight excluding hydrogens is 422 g/mol. The second kappa shape index (κ2) is 11.0. The molecular formula is C30H35NO3. The number of phenolic OH excluding ortho intramolecular Hbond substituents is 1. The van der Waals surface area contributed by atoms with Gasteiger partial charge in [-0.2, -0.15) is 0 Å². The Hall–Kier alpha value is -2.98. The van der Waals surface area contributed by atoms with Crippen molar-refractivity contribution < 1.29 is 14.6 Å². The van der Waals surface area contributed by atoms with Crippen LogP contribution in [0.15, 0.2) is 72.8 Å². The molecule has 2 aliphatic heterocycles. The number of nitrogens with zero attached hydrogens (tertiary/aromatic N) is 1. The first kappa shape index (κ1) is 22.8. The molecule has 0 radical (unpaired) electrons. The Morgan fingerprint density at radius 2 is 1.65 bits per heavy atom. The van der Waals surface area contributed by atoms with Crippen LogP contribution >= 0.6 is 0 Å². The van der Waals surface area contributed by atoms with Gasteiger partial charge in [-0.1, -0.05) is 55.0 Å². The second-order valence-corrected chi connectivity index (χ2v) is 9.55. The van der Waals surface area contributed by atoms with Gasteiger partial charge in [-0.15, -0.1) is 0 Å². The van der Waals surface area contributed by atoms with Crippen molar-refractivity contribution in [2.24, 2.45) is 0 Å². The Morgan fingerprint density at radius 3 is 2.44 bits per heavy atom. The summed E-state index contributed by atoms with van der Waals surface area (Å²) in [6.45, 7) is 5.07. The lowest BCUT2D eigenvalue weighted by atomic mass is 9.76. The summed E-state index contributed by atoms with van der Waals surface area (Å²) in [6.07, 6.45) is 6.39. The number of ether oxygens (including phenoxy) is 2. The highest BCUT2D eigenvalue weighted by Gasteiger charge is 2.33. The Bertz CT molecular complexity index is 1040. The lowest BCUT2D eigenvalue weighted by Crippen LogP contribution is -2.30. The fourth-order valence-electron chi connectivity index (χ4n) is 5.38. The van der Waals surface area contributed by atoms with Gasteiger partial charge in [0.2, 0.25) is 0 Å². The molecule has 0 amide bonds. The van der Waals surface area contributed by atoms with Crippen LogP contribution in [-0.4, -0.2) is 42.9 Å².